The van der Waals surface area contributed by atoms with Crippen molar-refractivity contribution in [2.24, 2.45) is 7.05 Å². The van der Waals surface area contributed by atoms with E-state index < -0.39 is 0 Å². The number of aromatic nitrogens is 5. The highest BCUT2D eigenvalue weighted by Crippen LogP contribution is 2.30. The van der Waals surface area contributed by atoms with E-state index >= 15 is 0 Å². The van der Waals surface area contributed by atoms with Gasteiger partial charge in [0.2, 0.25) is 5.88 Å². The highest BCUT2D eigenvalue weighted by atomic mass is 16.5. The summed E-state index contributed by atoms with van der Waals surface area (Å²) in [6.07, 6.45) is 4.06. The van der Waals surface area contributed by atoms with Gasteiger partial charge in [-0.2, -0.15) is 5.10 Å². The number of H-pyrrole nitrogens is 1. The molecule has 0 amide bonds. The van der Waals surface area contributed by atoms with Crippen LogP contribution in [-0.2, 0) is 7.05 Å². The van der Waals surface area contributed by atoms with E-state index in [1.807, 2.05) is 29.9 Å². The SMILES string of the molecule is CN1CCC(Oc2nn(C)c3cc(Nc4n[nH]c5cccnc45)ccc23)CC1. The van der Waals surface area contributed by atoms with E-state index in [9.17, 15) is 0 Å². The Morgan fingerprint density at radius 3 is 2.89 bits per heavy atom. The zero-order valence-corrected chi connectivity index (χ0v) is 16.0. The number of nitrogens with zero attached hydrogens (tertiary/aromatic N) is 5. The van der Waals surface area contributed by atoms with Crippen LogP contribution in [0, 0.1) is 0 Å². The summed E-state index contributed by atoms with van der Waals surface area (Å²) in [6.45, 7) is 2.13. The first-order chi connectivity index (χ1) is 13.7. The van der Waals surface area contributed by atoms with Crippen LogP contribution in [-0.4, -0.2) is 56.1 Å². The normalized spacial score (nSPS) is 16.1. The molecule has 0 saturated carbocycles. The molecule has 0 radical (unpaired) electrons. The average Bonchev–Trinajstić information content (AvgIpc) is 3.25. The molecule has 1 fully saturated rings. The fourth-order valence-electron chi connectivity index (χ4n) is 3.73. The van der Waals surface area contributed by atoms with Crippen LogP contribution in [0.3, 0.4) is 0 Å². The summed E-state index contributed by atoms with van der Waals surface area (Å²) in [7, 11) is 4.10. The molecule has 1 aliphatic heterocycles. The predicted octanol–water partition coefficient (Wildman–Crippen LogP) is 3.06. The summed E-state index contributed by atoms with van der Waals surface area (Å²) in [5.41, 5.74) is 3.67. The maximum atomic E-state index is 6.23. The molecule has 0 unspecified atom stereocenters. The van der Waals surface area contributed by atoms with Crippen molar-refractivity contribution in [2.45, 2.75) is 18.9 Å². The van der Waals surface area contributed by atoms with E-state index in [4.69, 9.17) is 4.74 Å². The van der Waals surface area contributed by atoms with Gasteiger partial charge in [0, 0.05) is 32.0 Å². The Labute approximate surface area is 162 Å². The molecule has 28 heavy (non-hydrogen) atoms. The standard InChI is InChI=1S/C20H23N7O/c1-26-10-7-14(8-11-26)28-20-15-6-5-13(12-17(15)27(2)25-20)22-19-18-16(23-24-19)4-3-9-21-18/h3-6,9,12,14H,7-8,10-11H2,1-2H3,(H2,22,23,24). The first-order valence-corrected chi connectivity index (χ1v) is 9.55. The molecule has 1 aromatic carbocycles. The van der Waals surface area contributed by atoms with Gasteiger partial charge < -0.3 is 15.0 Å². The Morgan fingerprint density at radius 1 is 1.18 bits per heavy atom. The molecule has 4 aromatic rings. The first kappa shape index (κ1) is 17.0. The van der Waals surface area contributed by atoms with E-state index in [1.165, 1.54) is 0 Å². The first-order valence-electron chi connectivity index (χ1n) is 9.55. The van der Waals surface area contributed by atoms with Crippen molar-refractivity contribution < 1.29 is 4.74 Å². The molecule has 8 nitrogen and oxygen atoms in total. The number of anilines is 2. The van der Waals surface area contributed by atoms with E-state index in [1.54, 1.807) is 6.20 Å². The number of likely N-dealkylation sites (tertiary alicyclic amines) is 1. The lowest BCUT2D eigenvalue weighted by atomic mass is 10.1. The van der Waals surface area contributed by atoms with Crippen LogP contribution < -0.4 is 10.1 Å². The number of fused-ring (bicyclic) bond motifs is 2. The van der Waals surface area contributed by atoms with Crippen LogP contribution >= 0.6 is 0 Å². The number of hydrogen-bond acceptors (Lipinski definition) is 6. The van der Waals surface area contributed by atoms with Crippen LogP contribution in [0.15, 0.2) is 36.5 Å². The van der Waals surface area contributed by atoms with Gasteiger partial charge >= 0.3 is 0 Å². The third-order valence-corrected chi connectivity index (χ3v) is 5.34. The summed E-state index contributed by atoms with van der Waals surface area (Å²) >= 11 is 0. The van der Waals surface area contributed by atoms with E-state index in [0.717, 1.165) is 53.6 Å². The lowest BCUT2D eigenvalue weighted by Crippen LogP contribution is -2.35. The number of pyridine rings is 1. The van der Waals surface area contributed by atoms with Gasteiger partial charge in [-0.3, -0.25) is 14.8 Å². The number of benzene rings is 1. The molecule has 5 rings (SSSR count). The third kappa shape index (κ3) is 3.05. The minimum Gasteiger partial charge on any atom is -0.473 e. The number of ether oxygens (including phenoxy) is 1. The molecule has 2 N–H and O–H groups in total. The molecule has 1 aliphatic rings. The maximum absolute atomic E-state index is 6.23. The topological polar surface area (TPSA) is 83.9 Å². The molecule has 0 aliphatic carbocycles. The Morgan fingerprint density at radius 2 is 2.04 bits per heavy atom. The van der Waals surface area contributed by atoms with Crippen molar-refractivity contribution in [1.29, 1.82) is 0 Å². The summed E-state index contributed by atoms with van der Waals surface area (Å²) in [5, 5.41) is 16.3. The van der Waals surface area contributed by atoms with Gasteiger partial charge in [0.15, 0.2) is 5.82 Å². The third-order valence-electron chi connectivity index (χ3n) is 5.34. The lowest BCUT2D eigenvalue weighted by molar-refractivity contribution is 0.110. The molecule has 1 saturated heterocycles. The van der Waals surface area contributed by atoms with Crippen molar-refractivity contribution in [3.8, 4) is 5.88 Å². The largest absolute Gasteiger partial charge is 0.473 e. The second-order valence-electron chi connectivity index (χ2n) is 7.38. The van der Waals surface area contributed by atoms with E-state index in [0.29, 0.717) is 11.7 Å². The predicted molar refractivity (Wildman–Crippen MR) is 109 cm³/mol. The van der Waals surface area contributed by atoms with Gasteiger partial charge in [-0.25, -0.2) is 0 Å². The molecular weight excluding hydrogens is 354 g/mol. The van der Waals surface area contributed by atoms with Crippen molar-refractivity contribution in [3.63, 3.8) is 0 Å². The minimum absolute atomic E-state index is 0.230. The molecule has 0 bridgehead atoms. The summed E-state index contributed by atoms with van der Waals surface area (Å²) < 4.78 is 8.10. The Balaban J connectivity index is 1.41. The second-order valence-corrected chi connectivity index (χ2v) is 7.38. The monoisotopic (exact) mass is 377 g/mol. The zero-order valence-electron chi connectivity index (χ0n) is 16.0. The second kappa shape index (κ2) is 6.79. The van der Waals surface area contributed by atoms with Gasteiger partial charge in [-0.05, 0) is 50.2 Å². The highest BCUT2D eigenvalue weighted by Gasteiger charge is 2.21. The Kier molecular flexibility index (Phi) is 4.12. The molecule has 0 atom stereocenters. The molecule has 144 valence electrons. The van der Waals surface area contributed by atoms with Crippen LogP contribution in [0.1, 0.15) is 12.8 Å². The van der Waals surface area contributed by atoms with Crippen molar-refractivity contribution >= 4 is 33.4 Å². The molecule has 4 heterocycles. The van der Waals surface area contributed by atoms with Gasteiger partial charge in [0.25, 0.3) is 0 Å². The zero-order chi connectivity index (χ0) is 19.1. The molecule has 0 spiro atoms. The van der Waals surface area contributed by atoms with Gasteiger partial charge in [-0.15, -0.1) is 5.10 Å². The number of nitrogens with one attached hydrogen (secondary N) is 2. The smallest absolute Gasteiger partial charge is 0.241 e. The molecular formula is C20H23N7O. The van der Waals surface area contributed by atoms with Crippen LogP contribution in [0.5, 0.6) is 5.88 Å². The number of aromatic amines is 1. The van der Waals surface area contributed by atoms with Gasteiger partial charge in [0.1, 0.15) is 11.6 Å². The van der Waals surface area contributed by atoms with Crippen molar-refractivity contribution in [3.05, 3.63) is 36.5 Å². The maximum Gasteiger partial charge on any atom is 0.241 e. The van der Waals surface area contributed by atoms with Crippen LogP contribution in [0.25, 0.3) is 21.9 Å². The fourth-order valence-corrected chi connectivity index (χ4v) is 3.73. The average molecular weight is 377 g/mol. The quantitative estimate of drug-likeness (QED) is 0.569. The fraction of sp³-hybridized carbons (Fsp3) is 0.350. The summed E-state index contributed by atoms with van der Waals surface area (Å²) in [5.74, 6) is 1.42. The molecule has 8 heteroatoms. The molecule has 3 aromatic heterocycles. The number of rotatable bonds is 4. The minimum atomic E-state index is 0.230. The van der Waals surface area contributed by atoms with Crippen LogP contribution in [0.2, 0.25) is 0 Å². The van der Waals surface area contributed by atoms with Crippen molar-refractivity contribution in [1.82, 2.24) is 29.9 Å². The van der Waals surface area contributed by atoms with E-state index in [2.05, 4.69) is 49.7 Å². The summed E-state index contributed by atoms with van der Waals surface area (Å²) in [4.78, 5) is 6.73. The van der Waals surface area contributed by atoms with Gasteiger partial charge in [-0.1, -0.05) is 0 Å². The number of hydrogen-bond donors (Lipinski definition) is 2. The van der Waals surface area contributed by atoms with Crippen molar-refractivity contribution in [2.75, 3.05) is 25.5 Å². The van der Waals surface area contributed by atoms with Gasteiger partial charge in [0.05, 0.1) is 16.4 Å². The summed E-state index contributed by atoms with van der Waals surface area (Å²) in [6, 6.07) is 9.98. The lowest BCUT2D eigenvalue weighted by Gasteiger charge is -2.28. The van der Waals surface area contributed by atoms with Crippen LogP contribution in [0.4, 0.5) is 11.5 Å². The Bertz CT molecular complexity index is 1120. The Hall–Kier alpha value is -3.13. The number of aryl methyl sites for hydroxylation is 1. The highest BCUT2D eigenvalue weighted by molar-refractivity contribution is 5.91. The van der Waals surface area contributed by atoms with E-state index in [-0.39, 0.29) is 6.10 Å². The number of piperidine rings is 1.